The highest BCUT2D eigenvalue weighted by atomic mass is 35.5. The summed E-state index contributed by atoms with van der Waals surface area (Å²) in [7, 11) is 0. The van der Waals surface area contributed by atoms with E-state index in [1.54, 1.807) is 37.3 Å². The molecule has 22 heavy (non-hydrogen) atoms. The van der Waals surface area contributed by atoms with Gasteiger partial charge in [-0.1, -0.05) is 29.8 Å². The maximum absolute atomic E-state index is 12.2. The molecule has 0 bridgehead atoms. The molecule has 0 aliphatic heterocycles. The molecule has 0 heterocycles. The van der Waals surface area contributed by atoms with Crippen LogP contribution in [0, 0.1) is 18.3 Å². The van der Waals surface area contributed by atoms with Crippen molar-refractivity contribution in [2.24, 2.45) is 0 Å². The highest BCUT2D eigenvalue weighted by Crippen LogP contribution is 2.21. The minimum Gasteiger partial charge on any atom is -0.374 e. The molecule has 0 aliphatic rings. The van der Waals surface area contributed by atoms with E-state index < -0.39 is 6.04 Å². The highest BCUT2D eigenvalue weighted by molar-refractivity contribution is 6.31. The second-order valence-electron chi connectivity index (χ2n) is 4.98. The smallest absolute Gasteiger partial charge is 0.246 e. The van der Waals surface area contributed by atoms with Gasteiger partial charge < -0.3 is 10.6 Å². The molecule has 4 nitrogen and oxygen atoms in total. The highest BCUT2D eigenvalue weighted by Gasteiger charge is 2.14. The van der Waals surface area contributed by atoms with Crippen molar-refractivity contribution in [3.05, 3.63) is 58.6 Å². The zero-order valence-corrected chi connectivity index (χ0v) is 13.1. The number of para-hydroxylation sites is 1. The van der Waals surface area contributed by atoms with Crippen LogP contribution in [0.5, 0.6) is 0 Å². The van der Waals surface area contributed by atoms with Crippen LogP contribution in [0.15, 0.2) is 42.5 Å². The van der Waals surface area contributed by atoms with Crippen LogP contribution >= 0.6 is 11.6 Å². The van der Waals surface area contributed by atoms with Gasteiger partial charge in [0.25, 0.3) is 0 Å². The van der Waals surface area contributed by atoms with Crippen molar-refractivity contribution in [1.29, 1.82) is 5.26 Å². The average molecular weight is 314 g/mol. The zero-order chi connectivity index (χ0) is 16.1. The lowest BCUT2D eigenvalue weighted by atomic mass is 10.1. The molecule has 1 atom stereocenters. The van der Waals surface area contributed by atoms with Crippen LogP contribution in [0.3, 0.4) is 0 Å². The van der Waals surface area contributed by atoms with Crippen molar-refractivity contribution in [2.45, 2.75) is 19.9 Å². The monoisotopic (exact) mass is 313 g/mol. The maximum Gasteiger partial charge on any atom is 0.246 e. The number of hydrogen-bond acceptors (Lipinski definition) is 3. The van der Waals surface area contributed by atoms with Crippen LogP contribution < -0.4 is 10.6 Å². The number of anilines is 2. The zero-order valence-electron chi connectivity index (χ0n) is 12.4. The van der Waals surface area contributed by atoms with E-state index in [0.717, 1.165) is 11.3 Å². The van der Waals surface area contributed by atoms with Gasteiger partial charge in [0.05, 0.1) is 11.3 Å². The number of benzene rings is 2. The summed E-state index contributed by atoms with van der Waals surface area (Å²) in [5.74, 6) is -0.223. The van der Waals surface area contributed by atoms with Crippen molar-refractivity contribution in [3.63, 3.8) is 0 Å². The largest absolute Gasteiger partial charge is 0.374 e. The lowest BCUT2D eigenvalue weighted by Crippen LogP contribution is -2.32. The fourth-order valence-electron chi connectivity index (χ4n) is 1.93. The minimum absolute atomic E-state index is 0.223. The summed E-state index contributed by atoms with van der Waals surface area (Å²) < 4.78 is 0. The van der Waals surface area contributed by atoms with Gasteiger partial charge in [-0.2, -0.15) is 5.26 Å². The molecule has 5 heteroatoms. The van der Waals surface area contributed by atoms with E-state index in [4.69, 9.17) is 16.9 Å². The molecule has 0 aliphatic carbocycles. The van der Waals surface area contributed by atoms with Crippen molar-refractivity contribution in [1.82, 2.24) is 0 Å². The molecule has 112 valence electrons. The van der Waals surface area contributed by atoms with Crippen molar-refractivity contribution in [2.75, 3.05) is 10.6 Å². The quantitative estimate of drug-likeness (QED) is 0.898. The van der Waals surface area contributed by atoms with Crippen LogP contribution in [0.1, 0.15) is 18.1 Å². The van der Waals surface area contributed by atoms with Crippen LogP contribution in [-0.2, 0) is 4.79 Å². The number of halogens is 1. The second kappa shape index (κ2) is 6.97. The van der Waals surface area contributed by atoms with Crippen LogP contribution in [0.25, 0.3) is 0 Å². The number of carbonyl (C=O) groups excluding carboxylic acids is 1. The molecule has 0 fully saturated rings. The van der Waals surface area contributed by atoms with Gasteiger partial charge in [-0.05, 0) is 43.7 Å². The Morgan fingerprint density at radius 1 is 1.27 bits per heavy atom. The van der Waals surface area contributed by atoms with Gasteiger partial charge in [0.15, 0.2) is 0 Å². The topological polar surface area (TPSA) is 64.9 Å². The van der Waals surface area contributed by atoms with Gasteiger partial charge in [-0.15, -0.1) is 0 Å². The van der Waals surface area contributed by atoms with E-state index in [9.17, 15) is 4.79 Å². The number of nitrogens with zero attached hydrogens (tertiary/aromatic N) is 1. The molecule has 1 unspecified atom stereocenters. The first-order valence-corrected chi connectivity index (χ1v) is 7.21. The Kier molecular flexibility index (Phi) is 5.03. The van der Waals surface area contributed by atoms with Gasteiger partial charge in [0.1, 0.15) is 12.1 Å². The second-order valence-corrected chi connectivity index (χ2v) is 5.38. The molecular formula is C17H16ClN3O. The molecular weight excluding hydrogens is 298 g/mol. The Balaban J connectivity index is 2.06. The summed E-state index contributed by atoms with van der Waals surface area (Å²) in [6.07, 6.45) is 0. The first-order valence-electron chi connectivity index (χ1n) is 6.84. The molecule has 2 rings (SSSR count). The predicted octanol–water partition coefficient (Wildman–Crippen LogP) is 3.96. The number of rotatable bonds is 4. The summed E-state index contributed by atoms with van der Waals surface area (Å²) in [5.41, 5.74) is 2.69. The third-order valence-corrected chi connectivity index (χ3v) is 3.66. The summed E-state index contributed by atoms with van der Waals surface area (Å²) in [5, 5.41) is 15.5. The van der Waals surface area contributed by atoms with E-state index in [2.05, 4.69) is 16.7 Å². The predicted molar refractivity (Wildman–Crippen MR) is 89.1 cm³/mol. The van der Waals surface area contributed by atoms with Crippen molar-refractivity contribution in [3.8, 4) is 6.07 Å². The molecule has 0 aromatic heterocycles. The molecule has 2 aromatic rings. The molecule has 0 spiro atoms. The standard InChI is InChI=1S/C17H16ClN3O/c1-11-7-8-14(9-15(11)18)20-12(2)17(22)21-16-6-4-3-5-13(16)10-19/h3-9,12,20H,1-2H3,(H,21,22). The van der Waals surface area contributed by atoms with Gasteiger partial charge in [0.2, 0.25) is 5.91 Å². The molecule has 0 saturated carbocycles. The first kappa shape index (κ1) is 15.9. The lowest BCUT2D eigenvalue weighted by molar-refractivity contribution is -0.116. The number of aryl methyl sites for hydroxylation is 1. The Morgan fingerprint density at radius 2 is 2.00 bits per heavy atom. The third kappa shape index (κ3) is 3.78. The van der Waals surface area contributed by atoms with Crippen LogP contribution in [-0.4, -0.2) is 11.9 Å². The van der Waals surface area contributed by atoms with Gasteiger partial charge >= 0.3 is 0 Å². The summed E-state index contributed by atoms with van der Waals surface area (Å²) >= 11 is 6.07. The molecule has 1 amide bonds. The van der Waals surface area contributed by atoms with Crippen molar-refractivity contribution >= 4 is 28.9 Å². The minimum atomic E-state index is -0.467. The third-order valence-electron chi connectivity index (χ3n) is 3.25. The Morgan fingerprint density at radius 3 is 2.68 bits per heavy atom. The fraction of sp³-hybridized carbons (Fsp3) is 0.176. The number of hydrogen-bond donors (Lipinski definition) is 2. The van der Waals surface area contributed by atoms with Crippen LogP contribution in [0.4, 0.5) is 11.4 Å². The van der Waals surface area contributed by atoms with Crippen molar-refractivity contribution < 1.29 is 4.79 Å². The molecule has 2 aromatic carbocycles. The molecule has 0 saturated heterocycles. The Hall–Kier alpha value is -2.51. The number of amides is 1. The fourth-order valence-corrected chi connectivity index (χ4v) is 2.11. The summed E-state index contributed by atoms with van der Waals surface area (Å²) in [6.45, 7) is 3.67. The maximum atomic E-state index is 12.2. The Labute approximate surface area is 134 Å². The van der Waals surface area contributed by atoms with Gasteiger partial charge in [0, 0.05) is 10.7 Å². The van der Waals surface area contributed by atoms with Crippen LogP contribution in [0.2, 0.25) is 5.02 Å². The summed E-state index contributed by atoms with van der Waals surface area (Å²) in [6, 6.07) is 14.0. The normalized spacial score (nSPS) is 11.4. The van der Waals surface area contributed by atoms with E-state index in [0.29, 0.717) is 16.3 Å². The van der Waals surface area contributed by atoms with E-state index in [1.807, 2.05) is 19.1 Å². The number of carbonyl (C=O) groups is 1. The molecule has 0 radical (unpaired) electrons. The average Bonchev–Trinajstić information content (AvgIpc) is 2.51. The van der Waals surface area contributed by atoms with E-state index >= 15 is 0 Å². The van der Waals surface area contributed by atoms with Gasteiger partial charge in [-0.25, -0.2) is 0 Å². The number of nitriles is 1. The number of nitrogens with one attached hydrogen (secondary N) is 2. The molecule has 2 N–H and O–H groups in total. The Bertz CT molecular complexity index is 737. The van der Waals surface area contributed by atoms with E-state index in [1.165, 1.54) is 0 Å². The van der Waals surface area contributed by atoms with Gasteiger partial charge in [-0.3, -0.25) is 4.79 Å². The first-order chi connectivity index (χ1) is 10.5. The lowest BCUT2D eigenvalue weighted by Gasteiger charge is -2.16. The summed E-state index contributed by atoms with van der Waals surface area (Å²) in [4.78, 5) is 12.2. The van der Waals surface area contributed by atoms with E-state index in [-0.39, 0.29) is 5.91 Å². The SMILES string of the molecule is Cc1ccc(NC(C)C(=O)Nc2ccccc2C#N)cc1Cl.